The normalized spacial score (nSPS) is 17.6. The van der Waals surface area contributed by atoms with E-state index in [9.17, 15) is 8.42 Å². The van der Waals surface area contributed by atoms with Crippen LogP contribution in [0.15, 0.2) is 29.6 Å². The lowest BCUT2D eigenvalue weighted by molar-refractivity contribution is 0.399. The molecule has 8 nitrogen and oxygen atoms in total. The first kappa shape index (κ1) is 14.9. The van der Waals surface area contributed by atoms with Crippen LogP contribution >= 0.6 is 0 Å². The summed E-state index contributed by atoms with van der Waals surface area (Å²) in [6.07, 6.45) is 8.39. The molecule has 0 spiro atoms. The molecule has 0 saturated heterocycles. The number of rotatable bonds is 4. The first-order valence-electron chi connectivity index (χ1n) is 8.54. The lowest BCUT2D eigenvalue weighted by Crippen LogP contribution is -2.17. The van der Waals surface area contributed by atoms with E-state index in [0.717, 1.165) is 43.0 Å². The fourth-order valence-electron chi connectivity index (χ4n) is 3.57. The van der Waals surface area contributed by atoms with Crippen molar-refractivity contribution in [2.24, 2.45) is 0 Å². The van der Waals surface area contributed by atoms with Crippen LogP contribution in [-0.2, 0) is 23.0 Å². The molecule has 25 heavy (non-hydrogen) atoms. The van der Waals surface area contributed by atoms with Crippen molar-refractivity contribution in [1.82, 2.24) is 24.1 Å². The monoisotopic (exact) mass is 358 g/mol. The number of pyridine rings is 1. The Balaban J connectivity index is 1.50. The van der Waals surface area contributed by atoms with E-state index in [2.05, 4.69) is 19.9 Å². The summed E-state index contributed by atoms with van der Waals surface area (Å²) < 4.78 is 31.9. The Labute approximate surface area is 145 Å². The quantitative estimate of drug-likeness (QED) is 0.769. The highest BCUT2D eigenvalue weighted by Crippen LogP contribution is 2.35. The summed E-state index contributed by atoms with van der Waals surface area (Å²) in [7, 11) is -3.68. The van der Waals surface area contributed by atoms with E-state index in [1.54, 1.807) is 22.9 Å². The van der Waals surface area contributed by atoms with E-state index < -0.39 is 10.0 Å². The largest absolute Gasteiger partial charge is 0.318 e. The molecule has 1 N–H and O–H groups in total. The average molecular weight is 358 g/mol. The van der Waals surface area contributed by atoms with Gasteiger partial charge in [0.05, 0.1) is 11.9 Å². The second-order valence-corrected chi connectivity index (χ2v) is 8.33. The Morgan fingerprint density at radius 3 is 2.84 bits per heavy atom. The molecule has 0 atom stereocenters. The van der Waals surface area contributed by atoms with Crippen molar-refractivity contribution < 1.29 is 8.42 Å². The Kier molecular flexibility index (Phi) is 3.15. The van der Waals surface area contributed by atoms with Crippen LogP contribution in [0.2, 0.25) is 0 Å². The van der Waals surface area contributed by atoms with E-state index in [-0.39, 0.29) is 5.03 Å². The second-order valence-electron chi connectivity index (χ2n) is 6.71. The number of fused-ring (bicyclic) bond motifs is 2. The van der Waals surface area contributed by atoms with Crippen LogP contribution in [0.3, 0.4) is 0 Å². The van der Waals surface area contributed by atoms with E-state index in [1.807, 2.05) is 4.40 Å². The fourth-order valence-corrected chi connectivity index (χ4v) is 4.78. The maximum absolute atomic E-state index is 12.8. The predicted molar refractivity (Wildman–Crippen MR) is 90.9 cm³/mol. The molecule has 0 bridgehead atoms. The zero-order valence-corrected chi connectivity index (χ0v) is 14.4. The number of hydrogen-bond acceptors (Lipinski definition) is 5. The van der Waals surface area contributed by atoms with E-state index in [4.69, 9.17) is 0 Å². The highest BCUT2D eigenvalue weighted by atomic mass is 32.2. The molecule has 1 aliphatic carbocycles. The van der Waals surface area contributed by atoms with Gasteiger partial charge in [0.2, 0.25) is 0 Å². The van der Waals surface area contributed by atoms with Gasteiger partial charge in [-0.1, -0.05) is 6.42 Å². The summed E-state index contributed by atoms with van der Waals surface area (Å²) in [4.78, 5) is 4.22. The minimum Gasteiger partial charge on any atom is -0.318 e. The molecule has 0 unspecified atom stereocenters. The molecule has 4 heterocycles. The summed E-state index contributed by atoms with van der Waals surface area (Å²) in [5.74, 6) is 2.16. The summed E-state index contributed by atoms with van der Waals surface area (Å²) in [6.45, 7) is 0.696. The summed E-state index contributed by atoms with van der Waals surface area (Å²) in [6, 6.07) is 3.50. The van der Waals surface area contributed by atoms with Gasteiger partial charge in [-0.25, -0.2) is 4.98 Å². The van der Waals surface area contributed by atoms with Gasteiger partial charge in [0.15, 0.2) is 10.7 Å². The van der Waals surface area contributed by atoms with Gasteiger partial charge in [0.25, 0.3) is 10.0 Å². The zero-order valence-electron chi connectivity index (χ0n) is 13.6. The van der Waals surface area contributed by atoms with Crippen molar-refractivity contribution in [2.45, 2.75) is 49.6 Å². The number of hydrogen-bond donors (Lipinski definition) is 1. The molecule has 130 valence electrons. The Morgan fingerprint density at radius 1 is 1.16 bits per heavy atom. The van der Waals surface area contributed by atoms with Crippen molar-refractivity contribution in [2.75, 3.05) is 4.72 Å². The van der Waals surface area contributed by atoms with Crippen molar-refractivity contribution in [3.8, 4) is 0 Å². The minimum atomic E-state index is -3.68. The summed E-state index contributed by atoms with van der Waals surface area (Å²) >= 11 is 0. The zero-order chi connectivity index (χ0) is 17.0. The van der Waals surface area contributed by atoms with Gasteiger partial charge < -0.3 is 4.57 Å². The van der Waals surface area contributed by atoms with Crippen LogP contribution in [0.4, 0.5) is 5.69 Å². The summed E-state index contributed by atoms with van der Waals surface area (Å²) in [5, 5.41) is 8.68. The topological polar surface area (TPSA) is 94.2 Å². The van der Waals surface area contributed by atoms with Gasteiger partial charge in [-0.2, -0.15) is 8.42 Å². The lowest BCUT2D eigenvalue weighted by Gasteiger charge is -2.23. The number of imidazole rings is 1. The highest BCUT2D eigenvalue weighted by Gasteiger charge is 2.27. The summed E-state index contributed by atoms with van der Waals surface area (Å²) in [5.41, 5.74) is 1.23. The van der Waals surface area contributed by atoms with Crippen LogP contribution in [0.1, 0.15) is 43.3 Å². The van der Waals surface area contributed by atoms with E-state index in [0.29, 0.717) is 18.2 Å². The van der Waals surface area contributed by atoms with E-state index >= 15 is 0 Å². The number of aryl methyl sites for hydroxylation is 1. The number of sulfonamides is 1. The van der Waals surface area contributed by atoms with Gasteiger partial charge in [-0.05, 0) is 31.4 Å². The van der Waals surface area contributed by atoms with Gasteiger partial charge in [-0.15, -0.1) is 10.2 Å². The number of anilines is 1. The fraction of sp³-hybridized carbons (Fsp3) is 0.438. The maximum Gasteiger partial charge on any atom is 0.279 e. The lowest BCUT2D eigenvalue weighted by atomic mass is 9.85. The molecule has 3 aromatic heterocycles. The molecule has 5 rings (SSSR count). The first-order chi connectivity index (χ1) is 12.1. The Hall–Kier alpha value is -2.42. The van der Waals surface area contributed by atoms with Crippen LogP contribution in [0, 0.1) is 0 Å². The molecule has 1 saturated carbocycles. The minimum absolute atomic E-state index is 0.225. The van der Waals surface area contributed by atoms with Gasteiger partial charge in [0.1, 0.15) is 11.6 Å². The Bertz CT molecular complexity index is 1060. The Morgan fingerprint density at radius 2 is 2.04 bits per heavy atom. The highest BCUT2D eigenvalue weighted by molar-refractivity contribution is 7.92. The molecule has 9 heteroatoms. The smallest absolute Gasteiger partial charge is 0.279 e. The second kappa shape index (κ2) is 5.29. The van der Waals surface area contributed by atoms with Crippen molar-refractivity contribution >= 4 is 21.4 Å². The molecule has 2 aliphatic rings. The number of nitrogens with one attached hydrogen (secondary N) is 1. The first-order valence-corrected chi connectivity index (χ1v) is 10.0. The maximum atomic E-state index is 12.8. The molecular formula is C16H18N6O2S. The third-order valence-electron chi connectivity index (χ3n) is 5.11. The molecule has 0 aromatic carbocycles. The number of aromatic nitrogens is 5. The van der Waals surface area contributed by atoms with Crippen LogP contribution < -0.4 is 4.72 Å². The van der Waals surface area contributed by atoms with Gasteiger partial charge >= 0.3 is 0 Å². The van der Waals surface area contributed by atoms with Gasteiger partial charge in [-0.3, -0.25) is 9.12 Å². The molecule has 3 aromatic rings. The van der Waals surface area contributed by atoms with Crippen LogP contribution in [-0.4, -0.2) is 32.6 Å². The van der Waals surface area contributed by atoms with Crippen LogP contribution in [0.5, 0.6) is 0 Å². The van der Waals surface area contributed by atoms with E-state index in [1.165, 1.54) is 12.6 Å². The molecule has 1 fully saturated rings. The number of nitrogens with zero attached hydrogens (tertiary/aromatic N) is 5. The van der Waals surface area contributed by atoms with Crippen molar-refractivity contribution in [3.63, 3.8) is 0 Å². The van der Waals surface area contributed by atoms with Crippen molar-refractivity contribution in [3.05, 3.63) is 36.2 Å². The molecular weight excluding hydrogens is 340 g/mol. The third-order valence-corrected chi connectivity index (χ3v) is 6.49. The third kappa shape index (κ3) is 2.33. The van der Waals surface area contributed by atoms with Gasteiger partial charge in [0, 0.05) is 25.1 Å². The average Bonchev–Trinajstić information content (AvgIpc) is 3.20. The van der Waals surface area contributed by atoms with Crippen molar-refractivity contribution in [1.29, 1.82) is 0 Å². The molecule has 0 amide bonds. The van der Waals surface area contributed by atoms with Crippen LogP contribution in [0.25, 0.3) is 5.65 Å². The SMILES string of the molecule is O=S(=O)(Nc1ccc2nnc(C3CCC3)n2c1)c1cnc2n1CCC2. The molecule has 1 aliphatic heterocycles. The molecule has 0 radical (unpaired) electrons. The standard InChI is InChI=1S/C16H18N6O2S/c23-25(24,15-9-17-13-5-2-8-21(13)15)20-12-6-7-14-18-19-16(22(14)10-12)11-3-1-4-11/h6-7,9-11,20H,1-5,8H2. The predicted octanol–water partition coefficient (Wildman–Crippen LogP) is 1.94.